The molecule has 1 amide bonds. The van der Waals surface area contributed by atoms with E-state index < -0.39 is 11.9 Å². The standard InChI is InChI=1S/C14H24N2O3/c1-14(2)6-4-7-15-11(14)12(17)16-8-3-5-10(9-16)13(18)19/h10-11,15H,3-9H2,1-2H3,(H,18,19). The van der Waals surface area contributed by atoms with Gasteiger partial charge >= 0.3 is 5.97 Å². The maximum atomic E-state index is 12.6. The number of carbonyl (C=O) groups is 2. The minimum Gasteiger partial charge on any atom is -0.481 e. The molecule has 0 bridgehead atoms. The number of nitrogens with one attached hydrogen (secondary N) is 1. The summed E-state index contributed by atoms with van der Waals surface area (Å²) in [6, 6.07) is -0.172. The molecule has 0 radical (unpaired) electrons. The van der Waals surface area contributed by atoms with Gasteiger partial charge in [-0.3, -0.25) is 9.59 Å². The minimum absolute atomic E-state index is 0.0501. The van der Waals surface area contributed by atoms with E-state index in [0.717, 1.165) is 25.8 Å². The maximum absolute atomic E-state index is 12.6. The van der Waals surface area contributed by atoms with Gasteiger partial charge in [-0.15, -0.1) is 0 Å². The molecule has 2 rings (SSSR count). The predicted octanol–water partition coefficient (Wildman–Crippen LogP) is 1.09. The largest absolute Gasteiger partial charge is 0.481 e. The Balaban J connectivity index is 2.04. The van der Waals surface area contributed by atoms with Gasteiger partial charge in [0.1, 0.15) is 0 Å². The third-order valence-corrected chi connectivity index (χ3v) is 4.46. The molecule has 2 heterocycles. The van der Waals surface area contributed by atoms with Crippen LogP contribution >= 0.6 is 0 Å². The van der Waals surface area contributed by atoms with Crippen LogP contribution in [0.15, 0.2) is 0 Å². The lowest BCUT2D eigenvalue weighted by atomic mass is 9.76. The van der Waals surface area contributed by atoms with Gasteiger partial charge in [-0.05, 0) is 37.6 Å². The Labute approximate surface area is 114 Å². The molecule has 0 aromatic rings. The van der Waals surface area contributed by atoms with Crippen LogP contribution in [0, 0.1) is 11.3 Å². The average Bonchev–Trinajstić information content (AvgIpc) is 2.37. The van der Waals surface area contributed by atoms with Crippen molar-refractivity contribution in [2.45, 2.75) is 45.6 Å². The number of carboxylic acid groups (broad SMARTS) is 1. The number of rotatable bonds is 2. The molecule has 2 aliphatic rings. The number of likely N-dealkylation sites (tertiary alicyclic amines) is 1. The van der Waals surface area contributed by atoms with E-state index in [-0.39, 0.29) is 17.4 Å². The molecule has 108 valence electrons. The van der Waals surface area contributed by atoms with Gasteiger partial charge in [-0.1, -0.05) is 13.8 Å². The summed E-state index contributed by atoms with van der Waals surface area (Å²) in [5.74, 6) is -1.10. The van der Waals surface area contributed by atoms with E-state index in [2.05, 4.69) is 19.2 Å². The normalized spacial score (nSPS) is 30.9. The summed E-state index contributed by atoms with van der Waals surface area (Å²) in [6.07, 6.45) is 3.59. The Bertz CT molecular complexity index is 368. The van der Waals surface area contributed by atoms with Crippen molar-refractivity contribution in [3.8, 4) is 0 Å². The molecule has 0 aromatic carbocycles. The van der Waals surface area contributed by atoms with Gasteiger partial charge in [0, 0.05) is 13.1 Å². The van der Waals surface area contributed by atoms with Crippen LogP contribution < -0.4 is 5.32 Å². The van der Waals surface area contributed by atoms with Crippen molar-refractivity contribution >= 4 is 11.9 Å². The second-order valence-corrected chi connectivity index (χ2v) is 6.44. The molecule has 2 fully saturated rings. The van der Waals surface area contributed by atoms with Crippen molar-refractivity contribution in [1.29, 1.82) is 0 Å². The van der Waals surface area contributed by atoms with E-state index in [1.807, 2.05) is 0 Å². The van der Waals surface area contributed by atoms with Crippen molar-refractivity contribution in [3.63, 3.8) is 0 Å². The molecule has 5 nitrogen and oxygen atoms in total. The second kappa shape index (κ2) is 5.49. The molecule has 2 aliphatic heterocycles. The Hall–Kier alpha value is -1.10. The highest BCUT2D eigenvalue weighted by atomic mass is 16.4. The Kier molecular flexibility index (Phi) is 4.13. The van der Waals surface area contributed by atoms with Gasteiger partial charge in [-0.2, -0.15) is 0 Å². The molecule has 0 saturated carbocycles. The number of piperidine rings is 2. The predicted molar refractivity (Wildman–Crippen MR) is 71.7 cm³/mol. The molecule has 2 N–H and O–H groups in total. The molecular weight excluding hydrogens is 244 g/mol. The monoisotopic (exact) mass is 268 g/mol. The number of aliphatic carboxylic acids is 1. The molecule has 19 heavy (non-hydrogen) atoms. The lowest BCUT2D eigenvalue weighted by molar-refractivity contribution is -0.147. The van der Waals surface area contributed by atoms with Crippen molar-refractivity contribution in [2.75, 3.05) is 19.6 Å². The molecule has 2 saturated heterocycles. The zero-order chi connectivity index (χ0) is 14.0. The summed E-state index contributed by atoms with van der Waals surface area (Å²) >= 11 is 0. The van der Waals surface area contributed by atoms with Gasteiger partial charge in [0.2, 0.25) is 5.91 Å². The number of hydrogen-bond donors (Lipinski definition) is 2. The molecular formula is C14H24N2O3. The first-order chi connectivity index (χ1) is 8.92. The number of carboxylic acids is 1. The summed E-state index contributed by atoms with van der Waals surface area (Å²) in [5, 5.41) is 12.4. The highest BCUT2D eigenvalue weighted by molar-refractivity contribution is 5.83. The van der Waals surface area contributed by atoms with Crippen LogP contribution in [0.2, 0.25) is 0 Å². The average molecular weight is 268 g/mol. The lowest BCUT2D eigenvalue weighted by Gasteiger charge is -2.42. The summed E-state index contributed by atoms with van der Waals surface area (Å²) in [6.45, 7) is 6.15. The Morgan fingerprint density at radius 2 is 2.05 bits per heavy atom. The van der Waals surface area contributed by atoms with Crippen LogP contribution in [0.25, 0.3) is 0 Å². The first-order valence-corrected chi connectivity index (χ1v) is 7.17. The van der Waals surface area contributed by atoms with Gasteiger partial charge in [0.25, 0.3) is 0 Å². The zero-order valence-corrected chi connectivity index (χ0v) is 11.8. The first-order valence-electron chi connectivity index (χ1n) is 7.17. The van der Waals surface area contributed by atoms with E-state index in [1.54, 1.807) is 4.90 Å². The Morgan fingerprint density at radius 3 is 2.68 bits per heavy atom. The van der Waals surface area contributed by atoms with Crippen molar-refractivity contribution in [2.24, 2.45) is 11.3 Å². The zero-order valence-electron chi connectivity index (χ0n) is 11.8. The summed E-state index contributed by atoms with van der Waals surface area (Å²) < 4.78 is 0. The Morgan fingerprint density at radius 1 is 1.32 bits per heavy atom. The van der Waals surface area contributed by atoms with E-state index >= 15 is 0 Å². The van der Waals surface area contributed by atoms with Gasteiger partial charge in [0.05, 0.1) is 12.0 Å². The van der Waals surface area contributed by atoms with Gasteiger partial charge in [0.15, 0.2) is 0 Å². The number of nitrogens with zero attached hydrogens (tertiary/aromatic N) is 1. The van der Waals surface area contributed by atoms with Crippen LogP contribution in [0.5, 0.6) is 0 Å². The second-order valence-electron chi connectivity index (χ2n) is 6.44. The van der Waals surface area contributed by atoms with E-state index in [4.69, 9.17) is 5.11 Å². The molecule has 0 aliphatic carbocycles. The van der Waals surface area contributed by atoms with Crippen LogP contribution in [-0.4, -0.2) is 47.6 Å². The number of amides is 1. The van der Waals surface area contributed by atoms with Crippen molar-refractivity contribution < 1.29 is 14.7 Å². The highest BCUT2D eigenvalue weighted by Crippen LogP contribution is 2.32. The lowest BCUT2D eigenvalue weighted by Crippen LogP contribution is -2.58. The smallest absolute Gasteiger partial charge is 0.308 e. The van der Waals surface area contributed by atoms with E-state index in [9.17, 15) is 9.59 Å². The van der Waals surface area contributed by atoms with Gasteiger partial charge < -0.3 is 15.3 Å². The molecule has 2 atom stereocenters. The minimum atomic E-state index is -0.784. The third kappa shape index (κ3) is 3.08. The van der Waals surface area contributed by atoms with Crippen molar-refractivity contribution in [1.82, 2.24) is 10.2 Å². The van der Waals surface area contributed by atoms with Crippen LogP contribution in [0.3, 0.4) is 0 Å². The van der Waals surface area contributed by atoms with Crippen molar-refractivity contribution in [3.05, 3.63) is 0 Å². The third-order valence-electron chi connectivity index (χ3n) is 4.46. The van der Waals surface area contributed by atoms with Gasteiger partial charge in [-0.25, -0.2) is 0 Å². The SMILES string of the molecule is CC1(C)CCCNC1C(=O)N1CCCC(C(=O)O)C1. The fourth-order valence-electron chi connectivity index (χ4n) is 3.19. The molecule has 2 unspecified atom stereocenters. The number of hydrogen-bond acceptors (Lipinski definition) is 3. The number of carbonyl (C=O) groups excluding carboxylic acids is 1. The van der Waals surface area contributed by atoms with E-state index in [1.165, 1.54) is 0 Å². The summed E-state index contributed by atoms with van der Waals surface area (Å²) in [5.41, 5.74) is -0.0501. The summed E-state index contributed by atoms with van der Waals surface area (Å²) in [4.78, 5) is 25.4. The topological polar surface area (TPSA) is 69.6 Å². The molecule has 0 spiro atoms. The molecule has 0 aromatic heterocycles. The summed E-state index contributed by atoms with van der Waals surface area (Å²) in [7, 11) is 0. The highest BCUT2D eigenvalue weighted by Gasteiger charge is 2.40. The molecule has 5 heteroatoms. The first kappa shape index (κ1) is 14.3. The van der Waals surface area contributed by atoms with Crippen LogP contribution in [0.4, 0.5) is 0 Å². The maximum Gasteiger partial charge on any atom is 0.308 e. The van der Waals surface area contributed by atoms with E-state index in [0.29, 0.717) is 19.5 Å². The van der Waals surface area contributed by atoms with Crippen LogP contribution in [-0.2, 0) is 9.59 Å². The van der Waals surface area contributed by atoms with Crippen LogP contribution in [0.1, 0.15) is 39.5 Å². The fourth-order valence-corrected chi connectivity index (χ4v) is 3.19. The quantitative estimate of drug-likeness (QED) is 0.786. The fraction of sp³-hybridized carbons (Fsp3) is 0.857.